The Morgan fingerprint density at radius 3 is 2.62 bits per heavy atom. The zero-order valence-corrected chi connectivity index (χ0v) is 14.4. The molecule has 0 aromatic carbocycles. The molecule has 21 heavy (non-hydrogen) atoms. The quantitative estimate of drug-likeness (QED) is 0.835. The second-order valence-electron chi connectivity index (χ2n) is 6.50. The Morgan fingerprint density at radius 2 is 2.05 bits per heavy atom. The second kappa shape index (κ2) is 6.97. The minimum Gasteiger partial charge on any atom is -0.496 e. The Balaban J connectivity index is 2.08. The van der Waals surface area contributed by atoms with E-state index < -0.39 is 0 Å². The van der Waals surface area contributed by atoms with Crippen molar-refractivity contribution in [2.24, 2.45) is 5.92 Å². The smallest absolute Gasteiger partial charge is 0.128 e. The molecule has 0 aliphatic heterocycles. The van der Waals surface area contributed by atoms with Crippen molar-refractivity contribution < 1.29 is 4.74 Å². The van der Waals surface area contributed by atoms with Crippen LogP contribution in [0.25, 0.3) is 0 Å². The molecule has 4 heteroatoms. The number of hydrogen-bond donors (Lipinski definition) is 1. The highest BCUT2D eigenvalue weighted by Gasteiger charge is 2.33. The van der Waals surface area contributed by atoms with Gasteiger partial charge in [0.15, 0.2) is 0 Å². The van der Waals surface area contributed by atoms with Crippen molar-refractivity contribution in [3.63, 3.8) is 0 Å². The normalized spacial score (nSPS) is 25.9. The molecule has 0 amide bonds. The minimum atomic E-state index is 0.0697. The number of alkyl halides is 1. The molecule has 0 unspecified atom stereocenters. The standard InChI is InChI=1S/C17H27ClN2O/c1-12-5-7-17(11-18,8-6-12)20-10-15-14(3)16(21-4)13(2)9-19-15/h9,12,20H,5-8,10-11H2,1-4H3. The number of halogens is 1. The minimum absolute atomic E-state index is 0.0697. The lowest BCUT2D eigenvalue weighted by Gasteiger charge is -2.39. The number of rotatable bonds is 5. The van der Waals surface area contributed by atoms with Gasteiger partial charge in [0.05, 0.1) is 12.8 Å². The number of nitrogens with one attached hydrogen (secondary N) is 1. The average molecular weight is 311 g/mol. The number of aryl methyl sites for hydroxylation is 1. The van der Waals surface area contributed by atoms with Crippen LogP contribution >= 0.6 is 11.6 Å². The second-order valence-corrected chi connectivity index (χ2v) is 6.76. The molecule has 0 bridgehead atoms. The predicted octanol–water partition coefficient (Wildman–Crippen LogP) is 3.98. The van der Waals surface area contributed by atoms with Gasteiger partial charge in [-0.3, -0.25) is 4.98 Å². The molecule has 1 aromatic heterocycles. The van der Waals surface area contributed by atoms with E-state index in [4.69, 9.17) is 16.3 Å². The topological polar surface area (TPSA) is 34.1 Å². The molecule has 1 N–H and O–H groups in total. The summed E-state index contributed by atoms with van der Waals surface area (Å²) < 4.78 is 5.48. The van der Waals surface area contributed by atoms with E-state index in [0.29, 0.717) is 5.88 Å². The number of hydrogen-bond acceptors (Lipinski definition) is 3. The zero-order valence-electron chi connectivity index (χ0n) is 13.6. The molecule has 0 spiro atoms. The predicted molar refractivity (Wildman–Crippen MR) is 88.2 cm³/mol. The molecule has 0 saturated heterocycles. The average Bonchev–Trinajstić information content (AvgIpc) is 2.49. The van der Waals surface area contributed by atoms with Crippen LogP contribution in [-0.2, 0) is 6.54 Å². The first kappa shape index (κ1) is 16.6. The Labute approximate surface area is 133 Å². The molecule has 0 radical (unpaired) electrons. The molecule has 1 aliphatic rings. The zero-order chi connectivity index (χ0) is 15.5. The van der Waals surface area contributed by atoms with E-state index in [2.05, 4.69) is 24.1 Å². The van der Waals surface area contributed by atoms with Crippen molar-refractivity contribution in [1.82, 2.24) is 10.3 Å². The molecule has 1 heterocycles. The van der Waals surface area contributed by atoms with Gasteiger partial charge in [-0.05, 0) is 45.4 Å². The third-order valence-electron chi connectivity index (χ3n) is 4.87. The van der Waals surface area contributed by atoms with E-state index in [-0.39, 0.29) is 5.54 Å². The summed E-state index contributed by atoms with van der Waals surface area (Å²) >= 11 is 6.27. The first-order valence-electron chi connectivity index (χ1n) is 7.81. The lowest BCUT2D eigenvalue weighted by atomic mass is 9.78. The van der Waals surface area contributed by atoms with Crippen LogP contribution in [0.5, 0.6) is 5.75 Å². The fourth-order valence-corrected chi connectivity index (χ4v) is 3.55. The molecule has 1 saturated carbocycles. The van der Waals surface area contributed by atoms with E-state index >= 15 is 0 Å². The van der Waals surface area contributed by atoms with Crippen molar-refractivity contribution in [2.45, 2.75) is 58.5 Å². The molecule has 118 valence electrons. The van der Waals surface area contributed by atoms with Gasteiger partial charge in [-0.2, -0.15) is 0 Å². The third-order valence-corrected chi connectivity index (χ3v) is 5.38. The summed E-state index contributed by atoms with van der Waals surface area (Å²) in [4.78, 5) is 4.57. The van der Waals surface area contributed by atoms with Gasteiger partial charge in [0.25, 0.3) is 0 Å². The van der Waals surface area contributed by atoms with Crippen LogP contribution in [0.4, 0.5) is 0 Å². The van der Waals surface area contributed by atoms with Gasteiger partial charge < -0.3 is 10.1 Å². The summed E-state index contributed by atoms with van der Waals surface area (Å²) in [6.45, 7) is 7.18. The molecule has 3 nitrogen and oxygen atoms in total. The van der Waals surface area contributed by atoms with Gasteiger partial charge >= 0.3 is 0 Å². The molecule has 2 rings (SSSR count). The SMILES string of the molecule is COc1c(C)cnc(CNC2(CCl)CCC(C)CC2)c1C. The van der Waals surface area contributed by atoms with Crippen LogP contribution in [0.2, 0.25) is 0 Å². The highest BCUT2D eigenvalue weighted by molar-refractivity contribution is 6.18. The van der Waals surface area contributed by atoms with E-state index in [1.54, 1.807) is 7.11 Å². The Kier molecular flexibility index (Phi) is 5.50. The van der Waals surface area contributed by atoms with Crippen LogP contribution in [0, 0.1) is 19.8 Å². The molecular weight excluding hydrogens is 284 g/mol. The van der Waals surface area contributed by atoms with Crippen LogP contribution in [0.1, 0.15) is 49.4 Å². The van der Waals surface area contributed by atoms with Gasteiger partial charge in [-0.15, -0.1) is 11.6 Å². The summed E-state index contributed by atoms with van der Waals surface area (Å²) in [6, 6.07) is 0. The van der Waals surface area contributed by atoms with E-state index in [1.807, 2.05) is 13.1 Å². The van der Waals surface area contributed by atoms with Crippen molar-refractivity contribution in [3.05, 3.63) is 23.0 Å². The first-order chi connectivity index (χ1) is 10.0. The first-order valence-corrected chi connectivity index (χ1v) is 8.35. The van der Waals surface area contributed by atoms with Gasteiger partial charge in [0, 0.05) is 35.3 Å². The van der Waals surface area contributed by atoms with Crippen molar-refractivity contribution in [3.8, 4) is 5.75 Å². The van der Waals surface area contributed by atoms with Gasteiger partial charge in [-0.1, -0.05) is 6.92 Å². The maximum atomic E-state index is 6.27. The van der Waals surface area contributed by atoms with Crippen molar-refractivity contribution >= 4 is 11.6 Å². The number of methoxy groups -OCH3 is 1. The van der Waals surface area contributed by atoms with Crippen LogP contribution < -0.4 is 10.1 Å². The van der Waals surface area contributed by atoms with E-state index in [9.17, 15) is 0 Å². The van der Waals surface area contributed by atoms with E-state index in [1.165, 1.54) is 12.8 Å². The molecule has 1 aliphatic carbocycles. The molecule has 0 atom stereocenters. The van der Waals surface area contributed by atoms with Crippen molar-refractivity contribution in [2.75, 3.05) is 13.0 Å². The summed E-state index contributed by atoms with van der Waals surface area (Å²) in [7, 11) is 1.72. The Bertz CT molecular complexity index is 482. The maximum Gasteiger partial charge on any atom is 0.128 e. The lowest BCUT2D eigenvalue weighted by Crippen LogP contribution is -2.49. The number of aromatic nitrogens is 1. The maximum absolute atomic E-state index is 6.27. The van der Waals surface area contributed by atoms with Crippen LogP contribution in [0.3, 0.4) is 0 Å². The Hall–Kier alpha value is -0.800. The summed E-state index contributed by atoms with van der Waals surface area (Å²) in [6.07, 6.45) is 6.70. The molecular formula is C17H27ClN2O. The summed E-state index contributed by atoms with van der Waals surface area (Å²) in [5.74, 6) is 2.43. The lowest BCUT2D eigenvalue weighted by molar-refractivity contribution is 0.215. The number of ether oxygens (including phenoxy) is 1. The summed E-state index contributed by atoms with van der Waals surface area (Å²) in [5.41, 5.74) is 3.33. The van der Waals surface area contributed by atoms with Crippen LogP contribution in [0.15, 0.2) is 6.20 Å². The van der Waals surface area contributed by atoms with E-state index in [0.717, 1.165) is 47.9 Å². The van der Waals surface area contributed by atoms with Gasteiger partial charge in [0.1, 0.15) is 5.75 Å². The highest BCUT2D eigenvalue weighted by Crippen LogP contribution is 2.33. The van der Waals surface area contributed by atoms with Crippen LogP contribution in [-0.4, -0.2) is 23.5 Å². The molecule has 1 fully saturated rings. The largest absolute Gasteiger partial charge is 0.496 e. The third kappa shape index (κ3) is 3.70. The fourth-order valence-electron chi connectivity index (χ4n) is 3.19. The van der Waals surface area contributed by atoms with Gasteiger partial charge in [0.2, 0.25) is 0 Å². The molecule has 1 aromatic rings. The highest BCUT2D eigenvalue weighted by atomic mass is 35.5. The van der Waals surface area contributed by atoms with Crippen molar-refractivity contribution in [1.29, 1.82) is 0 Å². The number of pyridine rings is 1. The summed E-state index contributed by atoms with van der Waals surface area (Å²) in [5, 5.41) is 3.68. The monoisotopic (exact) mass is 310 g/mol. The number of nitrogens with zero attached hydrogens (tertiary/aromatic N) is 1. The fraction of sp³-hybridized carbons (Fsp3) is 0.706. The van der Waals surface area contributed by atoms with Gasteiger partial charge in [-0.25, -0.2) is 0 Å². The Morgan fingerprint density at radius 1 is 1.38 bits per heavy atom.